The minimum Gasteiger partial charge on any atom is -0.376 e. The van der Waals surface area contributed by atoms with Gasteiger partial charge in [-0.25, -0.2) is 4.68 Å². The normalized spacial score (nSPS) is 10.9. The molecule has 0 unspecified atom stereocenters. The molecule has 5 heteroatoms. The Morgan fingerprint density at radius 1 is 1.04 bits per heavy atom. The lowest BCUT2D eigenvalue weighted by atomic mass is 10.0. The number of aromatic nitrogens is 2. The van der Waals surface area contributed by atoms with Crippen LogP contribution in [0.2, 0.25) is 0 Å². The zero-order valence-electron chi connectivity index (χ0n) is 16.3. The van der Waals surface area contributed by atoms with Crippen LogP contribution in [0.1, 0.15) is 36.7 Å². The fourth-order valence-corrected chi connectivity index (χ4v) is 3.16. The summed E-state index contributed by atoms with van der Waals surface area (Å²) in [5.74, 6) is 0.303. The lowest BCUT2D eigenvalue weighted by Gasteiger charge is -2.14. The van der Waals surface area contributed by atoms with Gasteiger partial charge in [0.2, 0.25) is 5.91 Å². The maximum absolute atomic E-state index is 12.5. The largest absolute Gasteiger partial charge is 0.376 e. The zero-order valence-corrected chi connectivity index (χ0v) is 16.3. The fraction of sp³-hybridized carbons (Fsp3) is 0.273. The SMILES string of the molecule is Cc1nn(-c2ccccc2)c(C)c1NC(=O)CNc1ccccc1C(C)C. The summed E-state index contributed by atoms with van der Waals surface area (Å²) in [5, 5.41) is 10.8. The highest BCUT2D eigenvalue weighted by molar-refractivity contribution is 5.95. The van der Waals surface area contributed by atoms with Crippen molar-refractivity contribution in [2.75, 3.05) is 17.2 Å². The van der Waals surface area contributed by atoms with Crippen molar-refractivity contribution in [3.05, 3.63) is 71.5 Å². The average Bonchev–Trinajstić information content (AvgIpc) is 2.95. The third-order valence-corrected chi connectivity index (χ3v) is 4.58. The van der Waals surface area contributed by atoms with Crippen molar-refractivity contribution < 1.29 is 4.79 Å². The van der Waals surface area contributed by atoms with Crippen LogP contribution in [0.3, 0.4) is 0 Å². The minimum atomic E-state index is -0.0904. The first-order valence-corrected chi connectivity index (χ1v) is 9.21. The van der Waals surface area contributed by atoms with E-state index >= 15 is 0 Å². The fourth-order valence-electron chi connectivity index (χ4n) is 3.16. The van der Waals surface area contributed by atoms with E-state index in [-0.39, 0.29) is 12.5 Å². The van der Waals surface area contributed by atoms with E-state index in [0.717, 1.165) is 28.5 Å². The highest BCUT2D eigenvalue weighted by Crippen LogP contribution is 2.24. The zero-order chi connectivity index (χ0) is 19.4. The van der Waals surface area contributed by atoms with E-state index in [1.807, 2.05) is 67.1 Å². The van der Waals surface area contributed by atoms with Gasteiger partial charge in [0.05, 0.1) is 29.3 Å². The molecule has 1 amide bonds. The molecule has 27 heavy (non-hydrogen) atoms. The summed E-state index contributed by atoms with van der Waals surface area (Å²) in [6, 6.07) is 18.0. The third kappa shape index (κ3) is 4.19. The van der Waals surface area contributed by atoms with E-state index in [1.165, 1.54) is 5.56 Å². The molecule has 5 nitrogen and oxygen atoms in total. The van der Waals surface area contributed by atoms with Gasteiger partial charge in [-0.1, -0.05) is 50.2 Å². The van der Waals surface area contributed by atoms with E-state index in [0.29, 0.717) is 5.92 Å². The number of para-hydroxylation sites is 2. The van der Waals surface area contributed by atoms with Crippen LogP contribution in [0.5, 0.6) is 0 Å². The molecule has 0 aliphatic carbocycles. The van der Waals surface area contributed by atoms with Crippen LogP contribution in [0.15, 0.2) is 54.6 Å². The number of carbonyl (C=O) groups is 1. The number of hydrogen-bond acceptors (Lipinski definition) is 3. The Balaban J connectivity index is 1.71. The smallest absolute Gasteiger partial charge is 0.243 e. The van der Waals surface area contributed by atoms with Crippen LogP contribution in [0.25, 0.3) is 5.69 Å². The minimum absolute atomic E-state index is 0.0904. The van der Waals surface area contributed by atoms with Crippen LogP contribution in [0, 0.1) is 13.8 Å². The topological polar surface area (TPSA) is 59.0 Å². The Kier molecular flexibility index (Phi) is 5.60. The molecule has 0 aliphatic rings. The Morgan fingerprint density at radius 2 is 1.70 bits per heavy atom. The molecule has 3 aromatic rings. The first-order valence-electron chi connectivity index (χ1n) is 9.21. The van der Waals surface area contributed by atoms with Crippen molar-refractivity contribution in [2.24, 2.45) is 0 Å². The Hall–Kier alpha value is -3.08. The third-order valence-electron chi connectivity index (χ3n) is 4.58. The van der Waals surface area contributed by atoms with Gasteiger partial charge in [0.25, 0.3) is 0 Å². The average molecular weight is 362 g/mol. The van der Waals surface area contributed by atoms with Crippen LogP contribution < -0.4 is 10.6 Å². The molecular weight excluding hydrogens is 336 g/mol. The predicted molar refractivity (Wildman–Crippen MR) is 111 cm³/mol. The van der Waals surface area contributed by atoms with Gasteiger partial charge < -0.3 is 10.6 Å². The summed E-state index contributed by atoms with van der Waals surface area (Å²) < 4.78 is 1.85. The summed E-state index contributed by atoms with van der Waals surface area (Å²) in [4.78, 5) is 12.5. The van der Waals surface area contributed by atoms with E-state index in [1.54, 1.807) is 0 Å². The molecular formula is C22H26N4O. The second kappa shape index (κ2) is 8.08. The number of hydrogen-bond donors (Lipinski definition) is 2. The summed E-state index contributed by atoms with van der Waals surface area (Å²) in [5.41, 5.74) is 5.65. The summed E-state index contributed by atoms with van der Waals surface area (Å²) in [6.07, 6.45) is 0. The molecule has 1 aromatic heterocycles. The summed E-state index contributed by atoms with van der Waals surface area (Å²) in [6.45, 7) is 8.36. The summed E-state index contributed by atoms with van der Waals surface area (Å²) >= 11 is 0. The van der Waals surface area contributed by atoms with E-state index < -0.39 is 0 Å². The maximum Gasteiger partial charge on any atom is 0.243 e. The van der Waals surface area contributed by atoms with Crippen molar-refractivity contribution in [3.8, 4) is 5.69 Å². The van der Waals surface area contributed by atoms with Crippen molar-refractivity contribution >= 4 is 17.3 Å². The molecule has 0 spiro atoms. The van der Waals surface area contributed by atoms with Crippen molar-refractivity contribution in [1.82, 2.24) is 9.78 Å². The lowest BCUT2D eigenvalue weighted by Crippen LogP contribution is -2.23. The molecule has 0 bridgehead atoms. The second-order valence-corrected chi connectivity index (χ2v) is 6.94. The Morgan fingerprint density at radius 3 is 2.41 bits per heavy atom. The van der Waals surface area contributed by atoms with E-state index in [9.17, 15) is 4.79 Å². The molecule has 2 aromatic carbocycles. The number of nitrogens with zero attached hydrogens (tertiary/aromatic N) is 2. The van der Waals surface area contributed by atoms with Crippen LogP contribution >= 0.6 is 0 Å². The quantitative estimate of drug-likeness (QED) is 0.670. The number of rotatable bonds is 6. The predicted octanol–water partition coefficient (Wildman–Crippen LogP) is 4.66. The van der Waals surface area contributed by atoms with Crippen molar-refractivity contribution in [2.45, 2.75) is 33.6 Å². The molecule has 0 saturated heterocycles. The van der Waals surface area contributed by atoms with E-state index in [4.69, 9.17) is 0 Å². The molecule has 0 saturated carbocycles. The number of amides is 1. The van der Waals surface area contributed by atoms with Gasteiger partial charge in [-0.15, -0.1) is 0 Å². The Bertz CT molecular complexity index is 929. The molecule has 3 rings (SSSR count). The molecule has 0 radical (unpaired) electrons. The Labute approximate surface area is 160 Å². The van der Waals surface area contributed by atoms with Crippen LogP contribution in [-0.2, 0) is 4.79 Å². The van der Waals surface area contributed by atoms with Crippen molar-refractivity contribution in [3.63, 3.8) is 0 Å². The molecule has 1 heterocycles. The van der Waals surface area contributed by atoms with Crippen molar-refractivity contribution in [1.29, 1.82) is 0 Å². The van der Waals surface area contributed by atoms with Gasteiger partial charge >= 0.3 is 0 Å². The highest BCUT2D eigenvalue weighted by Gasteiger charge is 2.15. The van der Waals surface area contributed by atoms with Crippen LogP contribution in [0.4, 0.5) is 11.4 Å². The lowest BCUT2D eigenvalue weighted by molar-refractivity contribution is -0.114. The van der Waals surface area contributed by atoms with Gasteiger partial charge in [-0.3, -0.25) is 4.79 Å². The number of carbonyl (C=O) groups excluding carboxylic acids is 1. The standard InChI is InChI=1S/C22H26N4O/c1-15(2)19-12-8-9-13-20(19)23-14-21(27)24-22-16(3)25-26(17(22)4)18-10-6-5-7-11-18/h5-13,15,23H,14H2,1-4H3,(H,24,27). The monoisotopic (exact) mass is 362 g/mol. The molecule has 0 atom stereocenters. The highest BCUT2D eigenvalue weighted by atomic mass is 16.1. The molecule has 0 fully saturated rings. The van der Waals surface area contributed by atoms with Gasteiger partial charge in [-0.05, 0) is 43.5 Å². The van der Waals surface area contributed by atoms with Gasteiger partial charge in [0, 0.05) is 5.69 Å². The van der Waals surface area contributed by atoms with Gasteiger partial charge in [0.15, 0.2) is 0 Å². The molecule has 2 N–H and O–H groups in total. The second-order valence-electron chi connectivity index (χ2n) is 6.94. The number of aryl methyl sites for hydroxylation is 1. The number of nitrogens with one attached hydrogen (secondary N) is 2. The van der Waals surface area contributed by atoms with Crippen LogP contribution in [-0.4, -0.2) is 22.2 Å². The first kappa shape index (κ1) is 18.7. The van der Waals surface area contributed by atoms with E-state index in [2.05, 4.69) is 35.6 Å². The van der Waals surface area contributed by atoms with Gasteiger partial charge in [-0.2, -0.15) is 5.10 Å². The first-order chi connectivity index (χ1) is 13.0. The molecule has 0 aliphatic heterocycles. The maximum atomic E-state index is 12.5. The molecule has 140 valence electrons. The summed E-state index contributed by atoms with van der Waals surface area (Å²) in [7, 11) is 0. The number of benzene rings is 2. The number of anilines is 2. The van der Waals surface area contributed by atoms with Gasteiger partial charge in [0.1, 0.15) is 0 Å².